The molecule has 0 saturated carbocycles. The minimum atomic E-state index is -1.09. The Kier molecular flexibility index (Phi) is 2.77. The van der Waals surface area contributed by atoms with E-state index in [0.29, 0.717) is 4.90 Å². The molecule has 13 heavy (non-hydrogen) atoms. The summed E-state index contributed by atoms with van der Waals surface area (Å²) in [5, 5.41) is 18.9. The zero-order chi connectivity index (χ0) is 9.84. The maximum atomic E-state index is 10.6. The third kappa shape index (κ3) is 1.92. The van der Waals surface area contributed by atoms with Gasteiger partial charge in [-0.2, -0.15) is 5.26 Å². The van der Waals surface area contributed by atoms with E-state index in [4.69, 9.17) is 16.1 Å². The average molecular weight is 194 g/mol. The molecule has 0 radical (unpaired) electrons. The maximum absolute atomic E-state index is 10.6. The third-order valence-electron chi connectivity index (χ3n) is 1.45. The number of anilines is 1. The van der Waals surface area contributed by atoms with E-state index < -0.39 is 5.97 Å². The van der Waals surface area contributed by atoms with E-state index in [-0.39, 0.29) is 11.3 Å². The van der Waals surface area contributed by atoms with E-state index in [1.807, 2.05) is 5.40 Å². The molecule has 0 unspecified atom stereocenters. The van der Waals surface area contributed by atoms with Crippen LogP contribution in [0, 0.1) is 10.7 Å². The molecule has 0 aromatic heterocycles. The molecule has 0 saturated heterocycles. The van der Waals surface area contributed by atoms with Gasteiger partial charge in [-0.15, -0.1) is 0 Å². The molecule has 4 nitrogen and oxygen atoms in total. The highest BCUT2D eigenvalue weighted by atomic mass is 32.2. The number of nitrogens with zero attached hydrogens (tertiary/aromatic N) is 1. The van der Waals surface area contributed by atoms with Crippen LogP contribution in [0.3, 0.4) is 0 Å². The lowest BCUT2D eigenvalue weighted by Crippen LogP contribution is -2.02. The summed E-state index contributed by atoms with van der Waals surface area (Å²) in [7, 11) is 0. The van der Waals surface area contributed by atoms with E-state index in [1.165, 1.54) is 6.07 Å². The Hall–Kier alpha value is -1.67. The number of thioether (sulfide) groups is 1. The summed E-state index contributed by atoms with van der Waals surface area (Å²) in [6.07, 6.45) is 0. The van der Waals surface area contributed by atoms with Crippen LogP contribution in [0.5, 0.6) is 0 Å². The highest BCUT2D eigenvalue weighted by molar-refractivity contribution is 8.03. The molecule has 0 heterocycles. The Morgan fingerprint density at radius 3 is 2.85 bits per heavy atom. The van der Waals surface area contributed by atoms with Crippen molar-refractivity contribution in [3.63, 3.8) is 0 Å². The Labute approximate surface area is 79.0 Å². The number of rotatable bonds is 2. The van der Waals surface area contributed by atoms with Gasteiger partial charge in [0.1, 0.15) is 5.40 Å². The molecule has 5 heteroatoms. The summed E-state index contributed by atoms with van der Waals surface area (Å²) in [5.41, 5.74) is 5.69. The third-order valence-corrected chi connectivity index (χ3v) is 2.12. The fourth-order valence-corrected chi connectivity index (χ4v) is 1.33. The first-order valence-electron chi connectivity index (χ1n) is 3.34. The SMILES string of the molecule is N#CSc1cccc(C(=O)O)c1N. The number of benzene rings is 1. The summed E-state index contributed by atoms with van der Waals surface area (Å²) in [6, 6.07) is 4.56. The number of para-hydroxylation sites is 1. The number of nitriles is 1. The highest BCUT2D eigenvalue weighted by Crippen LogP contribution is 2.26. The van der Waals surface area contributed by atoms with E-state index in [0.717, 1.165) is 11.8 Å². The standard InChI is InChI=1S/C8H6N2O2S/c9-4-13-6-3-1-2-5(7(6)10)8(11)12/h1-3H,10H2,(H,11,12). The molecular formula is C8H6N2O2S. The molecule has 3 N–H and O–H groups in total. The summed E-state index contributed by atoms with van der Waals surface area (Å²) < 4.78 is 0. The molecule has 0 spiro atoms. The van der Waals surface area contributed by atoms with Crippen molar-refractivity contribution in [1.29, 1.82) is 5.26 Å². The van der Waals surface area contributed by atoms with Gasteiger partial charge in [-0.25, -0.2) is 4.79 Å². The summed E-state index contributed by atoms with van der Waals surface area (Å²) in [4.78, 5) is 11.1. The zero-order valence-electron chi connectivity index (χ0n) is 6.52. The Balaban J connectivity index is 3.20. The van der Waals surface area contributed by atoms with E-state index >= 15 is 0 Å². The van der Waals surface area contributed by atoms with Crippen molar-refractivity contribution in [2.45, 2.75) is 4.90 Å². The topological polar surface area (TPSA) is 87.1 Å². The second-order valence-electron chi connectivity index (χ2n) is 2.22. The van der Waals surface area contributed by atoms with Crippen LogP contribution in [-0.2, 0) is 0 Å². The van der Waals surface area contributed by atoms with Crippen LogP contribution in [0.1, 0.15) is 10.4 Å². The molecule has 0 fully saturated rings. The maximum Gasteiger partial charge on any atom is 0.337 e. The first kappa shape index (κ1) is 9.42. The van der Waals surface area contributed by atoms with Crippen molar-refractivity contribution in [3.8, 4) is 5.40 Å². The summed E-state index contributed by atoms with van der Waals surface area (Å²) in [5.74, 6) is -1.09. The fourth-order valence-electron chi connectivity index (χ4n) is 0.869. The molecule has 1 aromatic rings. The van der Waals surface area contributed by atoms with Gasteiger partial charge in [0.25, 0.3) is 0 Å². The van der Waals surface area contributed by atoms with Crippen LogP contribution in [-0.4, -0.2) is 11.1 Å². The second-order valence-corrected chi connectivity index (χ2v) is 3.04. The molecule has 1 aromatic carbocycles. The van der Waals surface area contributed by atoms with Crippen LogP contribution in [0.25, 0.3) is 0 Å². The van der Waals surface area contributed by atoms with Crippen molar-refractivity contribution >= 4 is 23.4 Å². The fraction of sp³-hybridized carbons (Fsp3) is 0. The van der Waals surface area contributed by atoms with Crippen molar-refractivity contribution in [1.82, 2.24) is 0 Å². The normalized spacial score (nSPS) is 9.15. The molecule has 66 valence electrons. The number of carboxylic acid groups (broad SMARTS) is 1. The van der Waals surface area contributed by atoms with Crippen LogP contribution in [0.15, 0.2) is 23.1 Å². The van der Waals surface area contributed by atoms with Gasteiger partial charge in [-0.05, 0) is 23.9 Å². The Bertz CT molecular complexity index is 384. The van der Waals surface area contributed by atoms with Crippen LogP contribution in [0.2, 0.25) is 0 Å². The molecule has 0 aliphatic carbocycles. The number of carbonyl (C=O) groups is 1. The van der Waals surface area contributed by atoms with E-state index in [1.54, 1.807) is 12.1 Å². The van der Waals surface area contributed by atoms with Gasteiger partial charge in [0.2, 0.25) is 0 Å². The number of nitrogens with two attached hydrogens (primary N) is 1. The number of aromatic carboxylic acids is 1. The molecule has 0 aliphatic heterocycles. The number of carboxylic acids is 1. The smallest absolute Gasteiger partial charge is 0.337 e. The Morgan fingerprint density at radius 2 is 2.31 bits per heavy atom. The lowest BCUT2D eigenvalue weighted by molar-refractivity contribution is 0.0698. The zero-order valence-corrected chi connectivity index (χ0v) is 7.34. The number of hydrogen-bond donors (Lipinski definition) is 2. The highest BCUT2D eigenvalue weighted by Gasteiger charge is 2.10. The largest absolute Gasteiger partial charge is 0.478 e. The van der Waals surface area contributed by atoms with Gasteiger partial charge in [0.05, 0.1) is 11.3 Å². The van der Waals surface area contributed by atoms with Gasteiger partial charge in [-0.3, -0.25) is 0 Å². The van der Waals surface area contributed by atoms with Crippen molar-refractivity contribution in [3.05, 3.63) is 23.8 Å². The molecule has 1 rings (SSSR count). The first-order chi connectivity index (χ1) is 6.16. The summed E-state index contributed by atoms with van der Waals surface area (Å²) >= 11 is 0.851. The van der Waals surface area contributed by atoms with Gasteiger partial charge in [-0.1, -0.05) is 6.07 Å². The van der Waals surface area contributed by atoms with Crippen LogP contribution >= 0.6 is 11.8 Å². The quantitative estimate of drug-likeness (QED) is 0.423. The molecular weight excluding hydrogens is 188 g/mol. The van der Waals surface area contributed by atoms with Crippen molar-refractivity contribution < 1.29 is 9.90 Å². The molecule has 0 bridgehead atoms. The van der Waals surface area contributed by atoms with Gasteiger partial charge >= 0.3 is 5.97 Å². The monoisotopic (exact) mass is 194 g/mol. The molecule has 0 amide bonds. The molecule has 0 atom stereocenters. The first-order valence-corrected chi connectivity index (χ1v) is 4.16. The number of nitrogen functional groups attached to an aromatic ring is 1. The minimum Gasteiger partial charge on any atom is -0.478 e. The second kappa shape index (κ2) is 3.83. The predicted octanol–water partition coefficient (Wildman–Crippen LogP) is 1.54. The average Bonchev–Trinajstić information content (AvgIpc) is 2.08. The van der Waals surface area contributed by atoms with Crippen molar-refractivity contribution in [2.24, 2.45) is 0 Å². The lowest BCUT2D eigenvalue weighted by Gasteiger charge is -2.03. The number of thiocyanates is 1. The van der Waals surface area contributed by atoms with Crippen molar-refractivity contribution in [2.75, 3.05) is 5.73 Å². The van der Waals surface area contributed by atoms with Crippen LogP contribution < -0.4 is 5.73 Å². The van der Waals surface area contributed by atoms with E-state index in [9.17, 15) is 4.79 Å². The van der Waals surface area contributed by atoms with Gasteiger partial charge in [0, 0.05) is 4.90 Å². The van der Waals surface area contributed by atoms with E-state index in [2.05, 4.69) is 0 Å². The molecule has 0 aliphatic rings. The predicted molar refractivity (Wildman–Crippen MR) is 49.3 cm³/mol. The summed E-state index contributed by atoms with van der Waals surface area (Å²) in [6.45, 7) is 0. The van der Waals surface area contributed by atoms with Gasteiger partial charge in [0.15, 0.2) is 0 Å². The lowest BCUT2D eigenvalue weighted by atomic mass is 10.2. The van der Waals surface area contributed by atoms with Gasteiger partial charge < -0.3 is 10.8 Å². The minimum absolute atomic E-state index is 0.0280. The Morgan fingerprint density at radius 1 is 1.62 bits per heavy atom. The number of hydrogen-bond acceptors (Lipinski definition) is 4. The van der Waals surface area contributed by atoms with Crippen LogP contribution in [0.4, 0.5) is 5.69 Å².